The lowest BCUT2D eigenvalue weighted by Crippen LogP contribution is -2.36. The fourth-order valence-electron chi connectivity index (χ4n) is 4.87. The molecule has 1 aliphatic heterocycles. The average Bonchev–Trinajstić information content (AvgIpc) is 2.98. The van der Waals surface area contributed by atoms with E-state index in [0.29, 0.717) is 12.6 Å². The van der Waals surface area contributed by atoms with Gasteiger partial charge in [0, 0.05) is 36.0 Å². The fourth-order valence-corrected chi connectivity index (χ4v) is 4.87. The zero-order valence-electron chi connectivity index (χ0n) is 19.1. The third-order valence-electron chi connectivity index (χ3n) is 6.69. The quantitative estimate of drug-likeness (QED) is 0.469. The number of aliphatic hydroxyl groups is 1. The Hall–Kier alpha value is -2.60. The standard InChI is InChI=1S/C26H36N4O2/c1-19(9-4-3-7-16-31)28-22-13-14-23-24(17-22)30(26(32)20-10-5-2-6-11-20)18-21-12-8-15-27-25(21)29-23/h8,12-15,17,19-20,28,31H,2-7,9-11,16,18H2,1H3,(H,27,29). The summed E-state index contributed by atoms with van der Waals surface area (Å²) in [4.78, 5) is 20.1. The zero-order chi connectivity index (χ0) is 22.3. The molecule has 2 aromatic rings. The Morgan fingerprint density at radius 1 is 1.22 bits per heavy atom. The third-order valence-corrected chi connectivity index (χ3v) is 6.69. The van der Waals surface area contributed by atoms with Crippen LogP contribution in [0.1, 0.15) is 70.3 Å². The van der Waals surface area contributed by atoms with Crippen molar-refractivity contribution in [3.63, 3.8) is 0 Å². The maximum atomic E-state index is 13.7. The highest BCUT2D eigenvalue weighted by Gasteiger charge is 2.31. The van der Waals surface area contributed by atoms with Gasteiger partial charge in [0.25, 0.3) is 0 Å². The van der Waals surface area contributed by atoms with E-state index in [1.165, 1.54) is 6.42 Å². The minimum absolute atomic E-state index is 0.108. The topological polar surface area (TPSA) is 77.5 Å². The van der Waals surface area contributed by atoms with Gasteiger partial charge in [-0.1, -0.05) is 38.2 Å². The van der Waals surface area contributed by atoms with Crippen LogP contribution in [-0.2, 0) is 11.3 Å². The normalized spacial score (nSPS) is 17.0. The van der Waals surface area contributed by atoms with E-state index in [1.54, 1.807) is 6.20 Å². The summed E-state index contributed by atoms with van der Waals surface area (Å²) < 4.78 is 0. The average molecular weight is 437 g/mol. The number of benzene rings is 1. The molecule has 2 aliphatic rings. The highest BCUT2D eigenvalue weighted by Crippen LogP contribution is 2.39. The van der Waals surface area contributed by atoms with Crippen LogP contribution in [0.5, 0.6) is 0 Å². The van der Waals surface area contributed by atoms with Crippen molar-refractivity contribution in [1.82, 2.24) is 4.98 Å². The maximum Gasteiger partial charge on any atom is 0.230 e. The van der Waals surface area contributed by atoms with E-state index < -0.39 is 0 Å². The smallest absolute Gasteiger partial charge is 0.230 e. The van der Waals surface area contributed by atoms with Crippen LogP contribution >= 0.6 is 0 Å². The molecule has 4 rings (SSSR count). The van der Waals surface area contributed by atoms with Crippen LogP contribution in [0, 0.1) is 5.92 Å². The first-order chi connectivity index (χ1) is 15.7. The minimum Gasteiger partial charge on any atom is -0.396 e. The lowest BCUT2D eigenvalue weighted by Gasteiger charge is -2.30. The number of fused-ring (bicyclic) bond motifs is 2. The van der Waals surface area contributed by atoms with Gasteiger partial charge in [-0.05, 0) is 56.9 Å². The molecule has 0 bridgehead atoms. The van der Waals surface area contributed by atoms with Crippen LogP contribution in [0.2, 0.25) is 0 Å². The van der Waals surface area contributed by atoms with Crippen molar-refractivity contribution < 1.29 is 9.90 Å². The summed E-state index contributed by atoms with van der Waals surface area (Å²) in [6, 6.07) is 10.6. The van der Waals surface area contributed by atoms with Gasteiger partial charge < -0.3 is 20.6 Å². The number of rotatable bonds is 8. The van der Waals surface area contributed by atoms with E-state index in [2.05, 4.69) is 46.8 Å². The lowest BCUT2D eigenvalue weighted by molar-refractivity contribution is -0.123. The van der Waals surface area contributed by atoms with Gasteiger partial charge in [0.1, 0.15) is 5.82 Å². The summed E-state index contributed by atoms with van der Waals surface area (Å²) in [6.07, 6.45) is 11.3. The number of hydrogen-bond acceptors (Lipinski definition) is 5. The van der Waals surface area contributed by atoms with Gasteiger partial charge >= 0.3 is 0 Å². The predicted octanol–water partition coefficient (Wildman–Crippen LogP) is 5.61. The summed E-state index contributed by atoms with van der Waals surface area (Å²) >= 11 is 0. The second-order valence-corrected chi connectivity index (χ2v) is 9.25. The van der Waals surface area contributed by atoms with Gasteiger partial charge in [-0.15, -0.1) is 0 Å². The van der Waals surface area contributed by atoms with E-state index >= 15 is 0 Å². The molecule has 1 aliphatic carbocycles. The Bertz CT molecular complexity index is 910. The van der Waals surface area contributed by atoms with Gasteiger partial charge in [0.05, 0.1) is 17.9 Å². The fraction of sp³-hybridized carbons (Fsp3) is 0.538. The Labute approximate surface area is 191 Å². The molecule has 0 spiro atoms. The van der Waals surface area contributed by atoms with Gasteiger partial charge in [0.15, 0.2) is 0 Å². The number of hydrogen-bond donors (Lipinski definition) is 3. The van der Waals surface area contributed by atoms with Crippen LogP contribution in [-0.4, -0.2) is 28.6 Å². The largest absolute Gasteiger partial charge is 0.396 e. The summed E-state index contributed by atoms with van der Waals surface area (Å²) in [6.45, 7) is 2.99. The molecule has 1 fully saturated rings. The number of anilines is 4. The Morgan fingerprint density at radius 2 is 2.06 bits per heavy atom. The number of pyridine rings is 1. The molecule has 0 saturated heterocycles. The molecule has 1 atom stereocenters. The molecule has 6 heteroatoms. The lowest BCUT2D eigenvalue weighted by atomic mass is 9.88. The predicted molar refractivity (Wildman–Crippen MR) is 130 cm³/mol. The SMILES string of the molecule is CC(CCCCCO)Nc1ccc2c(c1)N(C(=O)C1CCCCC1)Cc1cccnc1N2. The molecule has 0 radical (unpaired) electrons. The highest BCUT2D eigenvalue weighted by molar-refractivity contribution is 6.00. The number of amides is 1. The number of unbranched alkanes of at least 4 members (excludes halogenated alkanes) is 2. The van der Waals surface area contributed by atoms with Crippen LogP contribution in [0.3, 0.4) is 0 Å². The summed E-state index contributed by atoms with van der Waals surface area (Å²) in [7, 11) is 0. The first-order valence-corrected chi connectivity index (χ1v) is 12.2. The highest BCUT2D eigenvalue weighted by atomic mass is 16.2. The second kappa shape index (κ2) is 10.8. The number of carbonyl (C=O) groups excluding carboxylic acids is 1. The van der Waals surface area contributed by atoms with E-state index in [9.17, 15) is 4.79 Å². The molecule has 6 nitrogen and oxygen atoms in total. The number of nitrogens with zero attached hydrogens (tertiary/aromatic N) is 2. The first kappa shape index (κ1) is 22.6. The Kier molecular flexibility index (Phi) is 7.63. The van der Waals surface area contributed by atoms with E-state index in [-0.39, 0.29) is 18.4 Å². The molecular formula is C26H36N4O2. The van der Waals surface area contributed by atoms with Crippen molar-refractivity contribution in [2.45, 2.75) is 77.3 Å². The summed E-state index contributed by atoms with van der Waals surface area (Å²) in [5.41, 5.74) is 3.92. The van der Waals surface area contributed by atoms with Gasteiger partial charge in [-0.25, -0.2) is 4.98 Å². The van der Waals surface area contributed by atoms with Crippen LogP contribution in [0.15, 0.2) is 36.5 Å². The molecule has 2 heterocycles. The molecular weight excluding hydrogens is 400 g/mol. The van der Waals surface area contributed by atoms with Gasteiger partial charge in [-0.3, -0.25) is 4.79 Å². The van der Waals surface area contributed by atoms with Crippen LogP contribution in [0.4, 0.5) is 22.9 Å². The van der Waals surface area contributed by atoms with Crippen molar-refractivity contribution in [1.29, 1.82) is 0 Å². The summed E-state index contributed by atoms with van der Waals surface area (Å²) in [5.74, 6) is 1.17. The van der Waals surface area contributed by atoms with E-state index in [4.69, 9.17) is 5.11 Å². The monoisotopic (exact) mass is 436 g/mol. The molecule has 1 unspecified atom stereocenters. The third kappa shape index (κ3) is 5.41. The van der Waals surface area contributed by atoms with Crippen molar-refractivity contribution in [2.75, 3.05) is 22.1 Å². The van der Waals surface area contributed by atoms with Crippen molar-refractivity contribution >= 4 is 28.8 Å². The maximum absolute atomic E-state index is 13.7. The summed E-state index contributed by atoms with van der Waals surface area (Å²) in [5, 5.41) is 16.0. The van der Waals surface area contributed by atoms with Gasteiger partial charge in [0.2, 0.25) is 5.91 Å². The molecule has 1 amide bonds. The van der Waals surface area contributed by atoms with Crippen molar-refractivity contribution in [3.8, 4) is 0 Å². The van der Waals surface area contributed by atoms with Crippen molar-refractivity contribution in [3.05, 3.63) is 42.1 Å². The molecule has 1 saturated carbocycles. The Morgan fingerprint density at radius 3 is 2.88 bits per heavy atom. The number of aromatic nitrogens is 1. The molecule has 3 N–H and O–H groups in total. The molecule has 172 valence electrons. The van der Waals surface area contributed by atoms with Gasteiger partial charge in [-0.2, -0.15) is 0 Å². The van der Waals surface area contributed by atoms with E-state index in [0.717, 1.165) is 79.8 Å². The van der Waals surface area contributed by atoms with Crippen LogP contribution in [0.25, 0.3) is 0 Å². The molecule has 1 aromatic heterocycles. The van der Waals surface area contributed by atoms with Crippen molar-refractivity contribution in [2.24, 2.45) is 5.92 Å². The first-order valence-electron chi connectivity index (χ1n) is 12.2. The van der Waals surface area contributed by atoms with Crippen LogP contribution < -0.4 is 15.5 Å². The number of nitrogens with one attached hydrogen (secondary N) is 2. The number of carbonyl (C=O) groups is 1. The molecule has 32 heavy (non-hydrogen) atoms. The minimum atomic E-state index is 0.108. The molecule has 1 aromatic carbocycles. The van der Waals surface area contributed by atoms with E-state index in [1.807, 2.05) is 11.0 Å². The zero-order valence-corrected chi connectivity index (χ0v) is 19.1. The number of aliphatic hydroxyl groups excluding tert-OH is 1. The Balaban J connectivity index is 1.57. The second-order valence-electron chi connectivity index (χ2n) is 9.25.